The van der Waals surface area contributed by atoms with E-state index in [0.29, 0.717) is 10.7 Å². The Morgan fingerprint density at radius 2 is 1.88 bits per heavy atom. The van der Waals surface area contributed by atoms with Crippen molar-refractivity contribution in [3.63, 3.8) is 0 Å². The van der Waals surface area contributed by atoms with E-state index in [9.17, 15) is 9.18 Å². The van der Waals surface area contributed by atoms with Crippen LogP contribution in [-0.4, -0.2) is 45.0 Å². The van der Waals surface area contributed by atoms with Crippen LogP contribution in [0.2, 0.25) is 5.02 Å². The highest BCUT2D eigenvalue weighted by Crippen LogP contribution is 2.29. The van der Waals surface area contributed by atoms with Crippen LogP contribution in [0.3, 0.4) is 0 Å². The molecular formula is C19H22ClFIN3O. The summed E-state index contributed by atoms with van der Waals surface area (Å²) in [6.07, 6.45) is 0.977. The molecule has 0 aliphatic heterocycles. The lowest BCUT2D eigenvalue weighted by Gasteiger charge is -2.23. The first-order valence-corrected chi connectivity index (χ1v) is 9.65. The summed E-state index contributed by atoms with van der Waals surface area (Å²) < 4.78 is 14.8. The number of benzene rings is 2. The van der Waals surface area contributed by atoms with Crippen molar-refractivity contribution in [2.24, 2.45) is 0 Å². The molecule has 140 valence electrons. The van der Waals surface area contributed by atoms with Crippen LogP contribution in [-0.2, 0) is 0 Å². The van der Waals surface area contributed by atoms with Crippen LogP contribution in [0.5, 0.6) is 0 Å². The van der Waals surface area contributed by atoms with E-state index in [1.54, 1.807) is 18.2 Å². The maximum absolute atomic E-state index is 14.0. The Morgan fingerprint density at radius 3 is 2.58 bits per heavy atom. The van der Waals surface area contributed by atoms with Crippen molar-refractivity contribution < 1.29 is 9.18 Å². The van der Waals surface area contributed by atoms with Gasteiger partial charge >= 0.3 is 0 Å². The van der Waals surface area contributed by atoms with E-state index in [4.69, 9.17) is 11.6 Å². The smallest absolute Gasteiger partial charge is 0.258 e. The van der Waals surface area contributed by atoms with Gasteiger partial charge in [-0.1, -0.05) is 11.6 Å². The number of nitrogens with zero attached hydrogens (tertiary/aromatic N) is 2. The van der Waals surface area contributed by atoms with Crippen LogP contribution < -0.4 is 10.2 Å². The van der Waals surface area contributed by atoms with E-state index in [2.05, 4.69) is 15.1 Å². The molecule has 0 unspecified atom stereocenters. The van der Waals surface area contributed by atoms with E-state index in [1.807, 2.05) is 49.8 Å². The number of anilines is 2. The normalized spacial score (nSPS) is 10.9. The summed E-state index contributed by atoms with van der Waals surface area (Å²) in [5, 5.41) is 3.31. The molecule has 0 aliphatic rings. The monoisotopic (exact) mass is 489 g/mol. The minimum atomic E-state index is -0.550. The Bertz CT molecular complexity index is 785. The average Bonchev–Trinajstić information content (AvgIpc) is 2.56. The quantitative estimate of drug-likeness (QED) is 0.572. The minimum absolute atomic E-state index is 0.0121. The van der Waals surface area contributed by atoms with Gasteiger partial charge in [-0.05, 0) is 86.0 Å². The fraction of sp³-hybridized carbons (Fsp3) is 0.316. The largest absolute Gasteiger partial charge is 0.373 e. The molecule has 7 heteroatoms. The predicted octanol–water partition coefficient (Wildman–Crippen LogP) is 4.72. The Morgan fingerprint density at radius 1 is 1.15 bits per heavy atom. The van der Waals surface area contributed by atoms with Gasteiger partial charge in [0, 0.05) is 22.2 Å². The summed E-state index contributed by atoms with van der Waals surface area (Å²) in [6.45, 7) is 1.79. The molecule has 26 heavy (non-hydrogen) atoms. The molecule has 2 rings (SSSR count). The molecule has 0 saturated heterocycles. The molecule has 1 amide bonds. The molecule has 4 nitrogen and oxygen atoms in total. The predicted molar refractivity (Wildman–Crippen MR) is 115 cm³/mol. The summed E-state index contributed by atoms with van der Waals surface area (Å²) >= 11 is 8.15. The molecule has 0 bridgehead atoms. The van der Waals surface area contributed by atoms with Crippen LogP contribution in [0, 0.1) is 9.39 Å². The SMILES string of the molecule is CN(C)CCCN(C)c1ccc(Cl)cc1NC(=O)c1cc(I)ccc1F. The zero-order valence-electron chi connectivity index (χ0n) is 15.0. The third kappa shape index (κ3) is 5.82. The van der Waals surface area contributed by atoms with Crippen LogP contribution >= 0.6 is 34.2 Å². The van der Waals surface area contributed by atoms with E-state index in [1.165, 1.54) is 12.1 Å². The molecule has 0 radical (unpaired) electrons. The van der Waals surface area contributed by atoms with E-state index >= 15 is 0 Å². The number of rotatable bonds is 7. The first-order valence-electron chi connectivity index (χ1n) is 8.19. The van der Waals surface area contributed by atoms with E-state index < -0.39 is 11.7 Å². The van der Waals surface area contributed by atoms with Gasteiger partial charge in [0.1, 0.15) is 5.82 Å². The second-order valence-corrected chi connectivity index (χ2v) is 8.00. The second kappa shape index (κ2) is 9.53. The first kappa shape index (κ1) is 20.9. The van der Waals surface area contributed by atoms with Crippen LogP contribution in [0.4, 0.5) is 15.8 Å². The highest BCUT2D eigenvalue weighted by Gasteiger charge is 2.16. The van der Waals surface area contributed by atoms with Crippen molar-refractivity contribution in [2.45, 2.75) is 6.42 Å². The van der Waals surface area contributed by atoms with Crippen molar-refractivity contribution in [1.29, 1.82) is 0 Å². The Hall–Kier alpha value is -1.38. The molecule has 2 aromatic rings. The molecule has 0 heterocycles. The standard InChI is InChI=1S/C19H22ClFIN3O/c1-24(2)9-4-10-25(3)18-8-5-13(20)11-17(18)23-19(26)15-12-14(22)6-7-16(15)21/h5-8,11-12H,4,9-10H2,1-3H3,(H,23,26). The number of halogens is 3. The lowest BCUT2D eigenvalue weighted by molar-refractivity contribution is 0.102. The first-order chi connectivity index (χ1) is 12.3. The number of amides is 1. The Kier molecular flexibility index (Phi) is 7.67. The van der Waals surface area contributed by atoms with Crippen molar-refractivity contribution in [3.05, 3.63) is 56.4 Å². The van der Waals surface area contributed by atoms with Gasteiger partial charge in [0.2, 0.25) is 0 Å². The zero-order chi connectivity index (χ0) is 19.3. The maximum atomic E-state index is 14.0. The van der Waals surface area contributed by atoms with Gasteiger partial charge < -0.3 is 15.1 Å². The van der Waals surface area contributed by atoms with Crippen LogP contribution in [0.15, 0.2) is 36.4 Å². The van der Waals surface area contributed by atoms with Crippen molar-refractivity contribution in [3.8, 4) is 0 Å². The number of hydrogen-bond acceptors (Lipinski definition) is 3. The Labute approximate surface area is 172 Å². The minimum Gasteiger partial charge on any atom is -0.373 e. The van der Waals surface area contributed by atoms with Gasteiger partial charge in [0.25, 0.3) is 5.91 Å². The van der Waals surface area contributed by atoms with Crippen molar-refractivity contribution in [2.75, 3.05) is 44.4 Å². The lowest BCUT2D eigenvalue weighted by Crippen LogP contribution is -2.25. The molecule has 1 N–H and O–H groups in total. The molecular weight excluding hydrogens is 468 g/mol. The summed E-state index contributed by atoms with van der Waals surface area (Å²) in [7, 11) is 6.02. The summed E-state index contributed by atoms with van der Waals surface area (Å²) in [6, 6.07) is 9.76. The zero-order valence-corrected chi connectivity index (χ0v) is 17.9. The number of carbonyl (C=O) groups is 1. The topological polar surface area (TPSA) is 35.6 Å². The average molecular weight is 490 g/mol. The number of hydrogen-bond donors (Lipinski definition) is 1. The van der Waals surface area contributed by atoms with Gasteiger partial charge in [-0.2, -0.15) is 0 Å². The highest BCUT2D eigenvalue weighted by atomic mass is 127. The fourth-order valence-corrected chi connectivity index (χ4v) is 3.21. The second-order valence-electron chi connectivity index (χ2n) is 6.32. The third-order valence-corrected chi connectivity index (χ3v) is 4.80. The summed E-state index contributed by atoms with van der Waals surface area (Å²) in [5.41, 5.74) is 1.42. The van der Waals surface area contributed by atoms with Gasteiger partial charge in [0.05, 0.1) is 16.9 Å². The summed E-state index contributed by atoms with van der Waals surface area (Å²) in [5.74, 6) is -1.04. The number of nitrogens with one attached hydrogen (secondary N) is 1. The van der Waals surface area contributed by atoms with Gasteiger partial charge in [-0.15, -0.1) is 0 Å². The lowest BCUT2D eigenvalue weighted by atomic mass is 10.1. The molecule has 0 fully saturated rings. The maximum Gasteiger partial charge on any atom is 0.258 e. The summed E-state index contributed by atoms with van der Waals surface area (Å²) in [4.78, 5) is 16.7. The molecule has 0 aliphatic carbocycles. The molecule has 0 spiro atoms. The van der Waals surface area contributed by atoms with E-state index in [0.717, 1.165) is 28.8 Å². The van der Waals surface area contributed by atoms with Crippen LogP contribution in [0.25, 0.3) is 0 Å². The molecule has 0 atom stereocenters. The third-order valence-electron chi connectivity index (χ3n) is 3.89. The number of carbonyl (C=O) groups excluding carboxylic acids is 1. The molecule has 0 saturated carbocycles. The molecule has 0 aromatic heterocycles. The Balaban J connectivity index is 2.21. The van der Waals surface area contributed by atoms with Crippen molar-refractivity contribution in [1.82, 2.24) is 4.90 Å². The van der Waals surface area contributed by atoms with Gasteiger partial charge in [0.15, 0.2) is 0 Å². The molecule has 2 aromatic carbocycles. The van der Waals surface area contributed by atoms with Crippen molar-refractivity contribution >= 4 is 51.5 Å². The van der Waals surface area contributed by atoms with Gasteiger partial charge in [-0.3, -0.25) is 4.79 Å². The van der Waals surface area contributed by atoms with E-state index in [-0.39, 0.29) is 5.56 Å². The van der Waals surface area contributed by atoms with Crippen LogP contribution in [0.1, 0.15) is 16.8 Å². The highest BCUT2D eigenvalue weighted by molar-refractivity contribution is 14.1. The fourth-order valence-electron chi connectivity index (χ4n) is 2.55. The van der Waals surface area contributed by atoms with Gasteiger partial charge in [-0.25, -0.2) is 4.39 Å².